The van der Waals surface area contributed by atoms with Crippen LogP contribution in [0.25, 0.3) is 0 Å². The summed E-state index contributed by atoms with van der Waals surface area (Å²) in [5, 5.41) is 0.546. The molecule has 0 aromatic carbocycles. The minimum absolute atomic E-state index is 0.306. The molecule has 0 atom stereocenters. The van der Waals surface area contributed by atoms with Gasteiger partial charge in [0.05, 0.1) is 0 Å². The van der Waals surface area contributed by atoms with Crippen LogP contribution in [0.5, 0.6) is 0 Å². The standard InChI is InChI=1S/C15H24ClN3/c1-11(2)15-17-13(16)9-14(18-15)19(3)10-12-7-5-4-6-8-12/h9,11-12H,4-8,10H2,1-3H3. The van der Waals surface area contributed by atoms with Crippen molar-refractivity contribution in [3.63, 3.8) is 0 Å². The average Bonchev–Trinajstić information content (AvgIpc) is 2.39. The molecule has 19 heavy (non-hydrogen) atoms. The van der Waals surface area contributed by atoms with E-state index in [9.17, 15) is 0 Å². The first-order valence-electron chi connectivity index (χ1n) is 7.32. The van der Waals surface area contributed by atoms with Gasteiger partial charge in [-0.05, 0) is 18.8 Å². The first kappa shape index (κ1) is 14.6. The molecule has 0 amide bonds. The Kier molecular flexibility index (Phi) is 5.03. The molecule has 4 heteroatoms. The molecule has 1 aliphatic carbocycles. The predicted octanol–water partition coefficient (Wildman–Crippen LogP) is 4.27. The van der Waals surface area contributed by atoms with Crippen molar-refractivity contribution in [1.29, 1.82) is 0 Å². The second-order valence-electron chi connectivity index (χ2n) is 5.95. The lowest BCUT2D eigenvalue weighted by Crippen LogP contribution is -2.27. The molecular weight excluding hydrogens is 258 g/mol. The number of rotatable bonds is 4. The van der Waals surface area contributed by atoms with E-state index < -0.39 is 0 Å². The van der Waals surface area contributed by atoms with Crippen LogP contribution in [0.1, 0.15) is 57.7 Å². The summed E-state index contributed by atoms with van der Waals surface area (Å²) in [6, 6.07) is 1.87. The molecule has 0 unspecified atom stereocenters. The van der Waals surface area contributed by atoms with Crippen LogP contribution >= 0.6 is 11.6 Å². The fourth-order valence-corrected chi connectivity index (χ4v) is 2.91. The lowest BCUT2D eigenvalue weighted by molar-refractivity contribution is 0.361. The first-order valence-corrected chi connectivity index (χ1v) is 7.69. The van der Waals surface area contributed by atoms with E-state index in [1.807, 2.05) is 6.07 Å². The number of hydrogen-bond acceptors (Lipinski definition) is 3. The van der Waals surface area contributed by atoms with E-state index in [2.05, 4.69) is 35.8 Å². The van der Waals surface area contributed by atoms with Gasteiger partial charge in [-0.15, -0.1) is 0 Å². The van der Waals surface area contributed by atoms with Crippen molar-refractivity contribution in [3.8, 4) is 0 Å². The molecule has 106 valence electrons. The molecule has 1 saturated carbocycles. The topological polar surface area (TPSA) is 29.0 Å². The van der Waals surface area contributed by atoms with E-state index in [4.69, 9.17) is 11.6 Å². The van der Waals surface area contributed by atoms with E-state index in [1.54, 1.807) is 0 Å². The molecule has 0 aliphatic heterocycles. The third kappa shape index (κ3) is 4.07. The highest BCUT2D eigenvalue weighted by molar-refractivity contribution is 6.29. The van der Waals surface area contributed by atoms with Crippen LogP contribution in [0.15, 0.2) is 6.07 Å². The van der Waals surface area contributed by atoms with Gasteiger partial charge in [0.1, 0.15) is 16.8 Å². The lowest BCUT2D eigenvalue weighted by Gasteiger charge is -2.28. The maximum Gasteiger partial charge on any atom is 0.135 e. The van der Waals surface area contributed by atoms with Gasteiger partial charge in [0.15, 0.2) is 0 Å². The number of halogens is 1. The summed E-state index contributed by atoms with van der Waals surface area (Å²) in [4.78, 5) is 11.2. The molecule has 3 nitrogen and oxygen atoms in total. The van der Waals surface area contributed by atoms with Gasteiger partial charge in [0.2, 0.25) is 0 Å². The van der Waals surface area contributed by atoms with Crippen LogP contribution in [0, 0.1) is 5.92 Å². The van der Waals surface area contributed by atoms with Gasteiger partial charge >= 0.3 is 0 Å². The van der Waals surface area contributed by atoms with Crippen molar-refractivity contribution in [2.75, 3.05) is 18.5 Å². The van der Waals surface area contributed by atoms with E-state index in [0.717, 1.165) is 24.1 Å². The molecular formula is C15H24ClN3. The Hall–Kier alpha value is -0.830. The maximum atomic E-state index is 6.10. The average molecular weight is 282 g/mol. The lowest BCUT2D eigenvalue weighted by atomic mass is 9.89. The summed E-state index contributed by atoms with van der Waals surface area (Å²) < 4.78 is 0. The highest BCUT2D eigenvalue weighted by Crippen LogP contribution is 2.26. The highest BCUT2D eigenvalue weighted by Gasteiger charge is 2.17. The number of nitrogens with zero attached hydrogens (tertiary/aromatic N) is 3. The third-order valence-corrected chi connectivity index (χ3v) is 4.06. The molecule has 2 rings (SSSR count). The van der Waals surface area contributed by atoms with Crippen LogP contribution in [0.4, 0.5) is 5.82 Å². The molecule has 1 aromatic rings. The molecule has 1 fully saturated rings. The van der Waals surface area contributed by atoms with Gasteiger partial charge in [-0.25, -0.2) is 9.97 Å². The number of hydrogen-bond donors (Lipinski definition) is 0. The molecule has 0 bridgehead atoms. The van der Waals surface area contributed by atoms with E-state index in [1.165, 1.54) is 32.1 Å². The Morgan fingerprint density at radius 2 is 1.95 bits per heavy atom. The molecule has 0 radical (unpaired) electrons. The fraction of sp³-hybridized carbons (Fsp3) is 0.733. The number of anilines is 1. The Morgan fingerprint density at radius 3 is 2.58 bits per heavy atom. The van der Waals surface area contributed by atoms with Crippen LogP contribution in [0.3, 0.4) is 0 Å². The van der Waals surface area contributed by atoms with Crippen LogP contribution in [-0.2, 0) is 0 Å². The molecule has 1 aromatic heterocycles. The van der Waals surface area contributed by atoms with Gasteiger partial charge in [-0.3, -0.25) is 0 Å². The molecule has 1 aliphatic rings. The van der Waals surface area contributed by atoms with Gasteiger partial charge in [0, 0.05) is 25.6 Å². The Bertz CT molecular complexity index is 414. The van der Waals surface area contributed by atoms with Crippen molar-refractivity contribution >= 4 is 17.4 Å². The summed E-state index contributed by atoms with van der Waals surface area (Å²) in [5.74, 6) is 2.89. The summed E-state index contributed by atoms with van der Waals surface area (Å²) in [5.41, 5.74) is 0. The predicted molar refractivity (Wildman–Crippen MR) is 81.0 cm³/mol. The fourth-order valence-electron chi connectivity index (χ4n) is 2.73. The van der Waals surface area contributed by atoms with Crippen molar-refractivity contribution < 1.29 is 0 Å². The monoisotopic (exact) mass is 281 g/mol. The first-order chi connectivity index (χ1) is 9.06. The Balaban J connectivity index is 2.07. The smallest absolute Gasteiger partial charge is 0.135 e. The minimum atomic E-state index is 0.306. The van der Waals surface area contributed by atoms with E-state index in [-0.39, 0.29) is 0 Å². The van der Waals surface area contributed by atoms with Crippen molar-refractivity contribution in [2.45, 2.75) is 51.9 Å². The summed E-state index contributed by atoms with van der Waals surface area (Å²) in [7, 11) is 2.11. The Labute approximate surface area is 121 Å². The largest absolute Gasteiger partial charge is 0.359 e. The Morgan fingerprint density at radius 1 is 1.26 bits per heavy atom. The second kappa shape index (κ2) is 6.56. The molecule has 1 heterocycles. The van der Waals surface area contributed by atoms with E-state index in [0.29, 0.717) is 11.1 Å². The SMILES string of the molecule is CC(C)c1nc(Cl)cc(N(C)CC2CCCCC2)n1. The van der Waals surface area contributed by atoms with Crippen LogP contribution < -0.4 is 4.90 Å². The molecule has 0 spiro atoms. The zero-order valence-electron chi connectivity index (χ0n) is 12.2. The van der Waals surface area contributed by atoms with Crippen molar-refractivity contribution in [2.24, 2.45) is 5.92 Å². The highest BCUT2D eigenvalue weighted by atomic mass is 35.5. The third-order valence-electron chi connectivity index (χ3n) is 3.86. The zero-order valence-corrected chi connectivity index (χ0v) is 13.0. The summed E-state index contributed by atoms with van der Waals surface area (Å²) >= 11 is 6.10. The maximum absolute atomic E-state index is 6.10. The van der Waals surface area contributed by atoms with Crippen molar-refractivity contribution in [1.82, 2.24) is 9.97 Å². The molecule has 0 N–H and O–H groups in total. The number of aromatic nitrogens is 2. The zero-order chi connectivity index (χ0) is 13.8. The van der Waals surface area contributed by atoms with E-state index >= 15 is 0 Å². The van der Waals surface area contributed by atoms with Gasteiger partial charge < -0.3 is 4.90 Å². The quantitative estimate of drug-likeness (QED) is 0.772. The van der Waals surface area contributed by atoms with Gasteiger partial charge in [0.25, 0.3) is 0 Å². The van der Waals surface area contributed by atoms with Crippen LogP contribution in [-0.4, -0.2) is 23.6 Å². The van der Waals surface area contributed by atoms with Gasteiger partial charge in [-0.2, -0.15) is 0 Å². The van der Waals surface area contributed by atoms with Gasteiger partial charge in [-0.1, -0.05) is 44.7 Å². The van der Waals surface area contributed by atoms with Crippen molar-refractivity contribution in [3.05, 3.63) is 17.0 Å². The second-order valence-corrected chi connectivity index (χ2v) is 6.33. The normalized spacial score (nSPS) is 16.9. The summed E-state index contributed by atoms with van der Waals surface area (Å²) in [6.45, 7) is 5.26. The summed E-state index contributed by atoms with van der Waals surface area (Å²) in [6.07, 6.45) is 6.85. The molecule has 0 saturated heterocycles. The minimum Gasteiger partial charge on any atom is -0.359 e. The van der Waals surface area contributed by atoms with Crippen LogP contribution in [0.2, 0.25) is 5.15 Å².